The zero-order valence-electron chi connectivity index (χ0n) is 22.8. The van der Waals surface area contributed by atoms with Gasteiger partial charge in [0.1, 0.15) is 13.1 Å². The van der Waals surface area contributed by atoms with Gasteiger partial charge in [-0.3, -0.25) is 9.97 Å². The number of hydrogen-bond acceptors (Lipinski definition) is 2. The molecule has 3 aromatic rings. The summed E-state index contributed by atoms with van der Waals surface area (Å²) in [6.07, 6.45) is 22.6. The van der Waals surface area contributed by atoms with Crippen molar-refractivity contribution in [1.29, 1.82) is 0 Å². The number of hydrogen-bond donors (Lipinski definition) is 0. The van der Waals surface area contributed by atoms with Crippen molar-refractivity contribution >= 4 is 14.5 Å². The number of pyridine rings is 2. The Balaban J connectivity index is 0.000000686. The van der Waals surface area contributed by atoms with Crippen LogP contribution in [0.25, 0.3) is 22.5 Å². The molecule has 0 bridgehead atoms. The van der Waals surface area contributed by atoms with Crippen molar-refractivity contribution in [3.8, 4) is 22.5 Å². The summed E-state index contributed by atoms with van der Waals surface area (Å²) < 4.78 is 82.5. The van der Waals surface area contributed by atoms with Crippen LogP contribution in [-0.4, -0.2) is 24.5 Å². The van der Waals surface area contributed by atoms with Crippen LogP contribution in [0, 0.1) is 0 Å². The lowest BCUT2D eigenvalue weighted by Crippen LogP contribution is -2.32. The van der Waals surface area contributed by atoms with E-state index in [1.807, 2.05) is 12.4 Å². The van der Waals surface area contributed by atoms with Crippen LogP contribution in [0.15, 0.2) is 61.4 Å². The third-order valence-corrected chi connectivity index (χ3v) is 5.57. The van der Waals surface area contributed by atoms with Gasteiger partial charge >= 0.3 is 14.5 Å². The van der Waals surface area contributed by atoms with E-state index in [2.05, 4.69) is 82.0 Å². The SMILES string of the molecule is CCCCCC[n+]1ccc(-c2cnc(-c3cc[n+](CCCCCC)cc3)cn2)cc1.F[B-](F)(F)F.F[B-](F)(F)F. The van der Waals surface area contributed by atoms with Crippen LogP contribution in [0.4, 0.5) is 34.5 Å². The summed E-state index contributed by atoms with van der Waals surface area (Å²) in [6.45, 7) is 6.66. The topological polar surface area (TPSA) is 33.5 Å². The first-order chi connectivity index (χ1) is 18.8. The van der Waals surface area contributed by atoms with E-state index in [1.165, 1.54) is 51.4 Å². The second kappa shape index (κ2) is 18.3. The number of rotatable bonds is 12. The van der Waals surface area contributed by atoms with Gasteiger partial charge in [0.2, 0.25) is 0 Å². The van der Waals surface area contributed by atoms with Crippen molar-refractivity contribution in [2.45, 2.75) is 78.3 Å². The molecule has 0 aliphatic heterocycles. The van der Waals surface area contributed by atoms with Gasteiger partial charge in [-0.2, -0.15) is 0 Å². The van der Waals surface area contributed by atoms with E-state index in [4.69, 9.17) is 0 Å². The van der Waals surface area contributed by atoms with Gasteiger partial charge in [-0.15, -0.1) is 0 Å². The predicted molar refractivity (Wildman–Crippen MR) is 142 cm³/mol. The molecule has 0 atom stereocenters. The average Bonchev–Trinajstić information content (AvgIpc) is 2.88. The molecule has 3 rings (SSSR count). The Kier molecular flexibility index (Phi) is 16.0. The van der Waals surface area contributed by atoms with Crippen molar-refractivity contribution in [1.82, 2.24) is 9.97 Å². The van der Waals surface area contributed by atoms with E-state index in [-0.39, 0.29) is 0 Å². The second-order valence-electron chi connectivity index (χ2n) is 9.05. The molecule has 0 spiro atoms. The average molecular weight is 578 g/mol. The highest BCUT2D eigenvalue weighted by molar-refractivity contribution is 6.50. The Bertz CT molecular complexity index is 964. The van der Waals surface area contributed by atoms with Gasteiger partial charge in [0.15, 0.2) is 24.8 Å². The molecule has 0 amide bonds. The third-order valence-electron chi connectivity index (χ3n) is 5.57. The normalized spacial score (nSPS) is 11.2. The molecule has 222 valence electrons. The van der Waals surface area contributed by atoms with Crippen LogP contribution >= 0.6 is 0 Å². The van der Waals surface area contributed by atoms with E-state index in [0.29, 0.717) is 0 Å². The quantitative estimate of drug-likeness (QED) is 0.0942. The van der Waals surface area contributed by atoms with Crippen molar-refractivity contribution in [2.24, 2.45) is 0 Å². The van der Waals surface area contributed by atoms with Gasteiger partial charge in [0, 0.05) is 48.2 Å². The fourth-order valence-electron chi connectivity index (χ4n) is 3.62. The molecular formula is C26H36B2F8N4. The maximum absolute atomic E-state index is 9.75. The monoisotopic (exact) mass is 578 g/mol. The number of halogens is 8. The van der Waals surface area contributed by atoms with Crippen LogP contribution in [-0.2, 0) is 13.1 Å². The molecule has 0 aromatic carbocycles. The van der Waals surface area contributed by atoms with Gasteiger partial charge in [-0.25, -0.2) is 9.13 Å². The smallest absolute Gasteiger partial charge is 0.418 e. The largest absolute Gasteiger partial charge is 0.673 e. The summed E-state index contributed by atoms with van der Waals surface area (Å²) in [5.74, 6) is 0. The highest BCUT2D eigenvalue weighted by atomic mass is 19.5. The maximum atomic E-state index is 9.75. The van der Waals surface area contributed by atoms with Gasteiger partial charge < -0.3 is 34.5 Å². The van der Waals surface area contributed by atoms with Crippen LogP contribution in [0.3, 0.4) is 0 Å². The Hall–Kier alpha value is -3.05. The molecule has 0 radical (unpaired) electrons. The molecule has 0 saturated heterocycles. The van der Waals surface area contributed by atoms with Crippen molar-refractivity contribution in [3.05, 3.63) is 61.4 Å². The number of aryl methyl sites for hydroxylation is 2. The third kappa shape index (κ3) is 18.3. The summed E-state index contributed by atoms with van der Waals surface area (Å²) in [6, 6.07) is 8.53. The lowest BCUT2D eigenvalue weighted by atomic mass is 10.1. The van der Waals surface area contributed by atoms with Gasteiger partial charge in [0.25, 0.3) is 0 Å². The Morgan fingerprint density at radius 1 is 0.525 bits per heavy atom. The minimum atomic E-state index is -6.00. The molecule has 0 saturated carbocycles. The lowest BCUT2D eigenvalue weighted by Gasteiger charge is -2.03. The molecule has 3 aromatic heterocycles. The molecule has 40 heavy (non-hydrogen) atoms. The number of aromatic nitrogens is 4. The van der Waals surface area contributed by atoms with Crippen LogP contribution < -0.4 is 9.13 Å². The summed E-state index contributed by atoms with van der Waals surface area (Å²) in [7, 11) is -12.0. The Morgan fingerprint density at radius 3 is 1.07 bits per heavy atom. The minimum Gasteiger partial charge on any atom is -0.418 e. The zero-order chi connectivity index (χ0) is 30.0. The van der Waals surface area contributed by atoms with Crippen molar-refractivity contribution < 1.29 is 43.7 Å². The summed E-state index contributed by atoms with van der Waals surface area (Å²) in [4.78, 5) is 9.31. The zero-order valence-corrected chi connectivity index (χ0v) is 22.8. The number of unbranched alkanes of at least 4 members (excludes halogenated alkanes) is 6. The van der Waals surface area contributed by atoms with Gasteiger partial charge in [-0.05, 0) is 12.8 Å². The highest BCUT2D eigenvalue weighted by Crippen LogP contribution is 2.18. The van der Waals surface area contributed by atoms with Crippen LogP contribution in [0.1, 0.15) is 65.2 Å². The number of nitrogens with zero attached hydrogens (tertiary/aromatic N) is 4. The highest BCUT2D eigenvalue weighted by Gasteiger charge is 2.21. The standard InChI is InChI=1S/C26H36N4.2BF4/c1-3-5-7-9-15-29-17-11-23(12-18-29)25-21-28-26(22-27-25)24-13-19-30(20-14-24)16-10-8-6-4-2;2*2-1(3,4)5/h11-14,17-22H,3-10,15-16H2,1-2H3;;/q+2;2*-1. The van der Waals surface area contributed by atoms with Gasteiger partial charge in [0.05, 0.1) is 23.8 Å². The molecular weight excluding hydrogens is 542 g/mol. The van der Waals surface area contributed by atoms with E-state index in [0.717, 1.165) is 35.6 Å². The molecule has 0 unspecified atom stereocenters. The van der Waals surface area contributed by atoms with E-state index >= 15 is 0 Å². The fraction of sp³-hybridized carbons (Fsp3) is 0.462. The van der Waals surface area contributed by atoms with E-state index < -0.39 is 14.5 Å². The first-order valence-electron chi connectivity index (χ1n) is 13.4. The predicted octanol–water partition coefficient (Wildman–Crippen LogP) is 8.15. The molecule has 14 heteroatoms. The Morgan fingerprint density at radius 2 is 0.825 bits per heavy atom. The molecule has 0 aliphatic rings. The lowest BCUT2D eigenvalue weighted by molar-refractivity contribution is -0.697. The van der Waals surface area contributed by atoms with E-state index in [1.54, 1.807) is 0 Å². The second-order valence-corrected chi connectivity index (χ2v) is 9.05. The van der Waals surface area contributed by atoms with E-state index in [9.17, 15) is 34.5 Å². The minimum absolute atomic E-state index is 0.916. The molecule has 0 N–H and O–H groups in total. The first-order valence-corrected chi connectivity index (χ1v) is 13.4. The summed E-state index contributed by atoms with van der Waals surface area (Å²) >= 11 is 0. The van der Waals surface area contributed by atoms with Crippen molar-refractivity contribution in [2.75, 3.05) is 0 Å². The molecule has 0 aliphatic carbocycles. The summed E-state index contributed by atoms with van der Waals surface area (Å²) in [5.41, 5.74) is 4.05. The fourth-order valence-corrected chi connectivity index (χ4v) is 3.62. The summed E-state index contributed by atoms with van der Waals surface area (Å²) in [5, 5.41) is 0. The first kappa shape index (κ1) is 35.0. The molecule has 3 heterocycles. The van der Waals surface area contributed by atoms with Crippen LogP contribution in [0.5, 0.6) is 0 Å². The Labute approximate surface area is 230 Å². The molecule has 0 fully saturated rings. The van der Waals surface area contributed by atoms with Crippen LogP contribution in [0.2, 0.25) is 0 Å². The maximum Gasteiger partial charge on any atom is 0.673 e. The molecule has 4 nitrogen and oxygen atoms in total. The van der Waals surface area contributed by atoms with Crippen molar-refractivity contribution in [3.63, 3.8) is 0 Å². The van der Waals surface area contributed by atoms with Gasteiger partial charge in [-0.1, -0.05) is 39.5 Å².